The first-order valence-electron chi connectivity index (χ1n) is 5.32. The van der Waals surface area contributed by atoms with Crippen LogP contribution in [0.5, 0.6) is 0 Å². The Morgan fingerprint density at radius 2 is 1.94 bits per heavy atom. The van der Waals surface area contributed by atoms with Crippen LogP contribution in [-0.4, -0.2) is 34.1 Å². The fourth-order valence-corrected chi connectivity index (χ4v) is 1.73. The molecule has 1 aliphatic rings. The molecule has 0 aliphatic heterocycles. The monoisotopic (exact) mass is 241 g/mol. The highest BCUT2D eigenvalue weighted by Gasteiger charge is 2.46. The number of aliphatic carboxylic acids is 2. The van der Waals surface area contributed by atoms with Gasteiger partial charge in [0.05, 0.1) is 0 Å². The second kappa shape index (κ2) is 4.99. The van der Waals surface area contributed by atoms with Gasteiger partial charge < -0.3 is 15.5 Å². The Hall–Kier alpha value is -1.85. The van der Waals surface area contributed by atoms with Gasteiger partial charge in [0, 0.05) is 0 Å². The third kappa shape index (κ3) is 2.64. The minimum Gasteiger partial charge on any atom is -0.480 e. The number of nitrogens with one attached hydrogen (secondary N) is 1. The number of amides is 1. The van der Waals surface area contributed by atoms with Crippen molar-refractivity contribution in [2.45, 2.75) is 32.2 Å². The van der Waals surface area contributed by atoms with Gasteiger partial charge in [0.15, 0.2) is 0 Å². The zero-order chi connectivity index (χ0) is 13.1. The van der Waals surface area contributed by atoms with Crippen LogP contribution in [0.1, 0.15) is 26.2 Å². The molecule has 1 aliphatic carbocycles. The van der Waals surface area contributed by atoms with Gasteiger partial charge in [-0.25, -0.2) is 0 Å². The van der Waals surface area contributed by atoms with E-state index in [1.165, 1.54) is 6.92 Å². The van der Waals surface area contributed by atoms with Crippen molar-refractivity contribution in [2.75, 3.05) is 0 Å². The van der Waals surface area contributed by atoms with E-state index in [0.717, 1.165) is 0 Å². The zero-order valence-electron chi connectivity index (χ0n) is 9.47. The smallest absolute Gasteiger partial charge is 0.325 e. The van der Waals surface area contributed by atoms with Crippen molar-refractivity contribution in [3.63, 3.8) is 0 Å². The topological polar surface area (TPSA) is 104 Å². The van der Waals surface area contributed by atoms with Gasteiger partial charge in [0.2, 0.25) is 5.91 Å². The summed E-state index contributed by atoms with van der Waals surface area (Å²) in [4.78, 5) is 33.7. The van der Waals surface area contributed by atoms with Gasteiger partial charge in [0.1, 0.15) is 11.5 Å². The lowest BCUT2D eigenvalue weighted by atomic mass is 9.76. The lowest BCUT2D eigenvalue weighted by Crippen LogP contribution is -2.51. The van der Waals surface area contributed by atoms with Crippen LogP contribution in [0.3, 0.4) is 0 Å². The highest BCUT2D eigenvalue weighted by atomic mass is 16.4. The summed E-state index contributed by atoms with van der Waals surface area (Å²) >= 11 is 0. The van der Waals surface area contributed by atoms with Gasteiger partial charge in [-0.05, 0) is 26.2 Å². The van der Waals surface area contributed by atoms with Crippen LogP contribution in [0, 0.1) is 5.41 Å². The average Bonchev–Trinajstić information content (AvgIpc) is 2.29. The first kappa shape index (κ1) is 13.2. The summed E-state index contributed by atoms with van der Waals surface area (Å²) in [5.74, 6) is -3.13. The predicted octanol–water partition coefficient (Wildman–Crippen LogP) is 0.387. The lowest BCUT2D eigenvalue weighted by molar-refractivity contribution is -0.158. The van der Waals surface area contributed by atoms with E-state index in [1.807, 2.05) is 6.08 Å². The molecule has 0 bridgehead atoms. The Bertz CT molecular complexity index is 376. The lowest BCUT2D eigenvalue weighted by Gasteiger charge is -2.29. The van der Waals surface area contributed by atoms with Gasteiger partial charge in [0.25, 0.3) is 0 Å². The molecule has 3 N–H and O–H groups in total. The van der Waals surface area contributed by atoms with Crippen molar-refractivity contribution in [2.24, 2.45) is 5.41 Å². The largest absolute Gasteiger partial charge is 0.480 e. The third-order valence-electron chi connectivity index (χ3n) is 2.93. The summed E-state index contributed by atoms with van der Waals surface area (Å²) in [5, 5.41) is 20.1. The molecule has 0 aromatic rings. The molecule has 0 fully saturated rings. The normalized spacial score (nSPS) is 25.0. The SMILES string of the molecule is C[C@H](NC(=O)C1(C(=O)O)CC=CCC1)C(=O)O. The maximum Gasteiger partial charge on any atom is 0.325 e. The van der Waals surface area contributed by atoms with Crippen LogP contribution in [0.25, 0.3) is 0 Å². The summed E-state index contributed by atoms with van der Waals surface area (Å²) < 4.78 is 0. The van der Waals surface area contributed by atoms with Crippen LogP contribution < -0.4 is 5.32 Å². The van der Waals surface area contributed by atoms with Crippen LogP contribution in [0.2, 0.25) is 0 Å². The van der Waals surface area contributed by atoms with Crippen molar-refractivity contribution >= 4 is 17.8 Å². The molecule has 0 spiro atoms. The number of hydrogen-bond acceptors (Lipinski definition) is 3. The molecule has 0 radical (unpaired) electrons. The molecular weight excluding hydrogens is 226 g/mol. The standard InChI is InChI=1S/C11H15NO5/c1-7(8(13)14)12-9(15)11(10(16)17)5-3-2-4-6-11/h2-3,7H,4-6H2,1H3,(H,12,15)(H,13,14)(H,16,17)/t7-,11?/m0/s1. The van der Waals surface area contributed by atoms with E-state index < -0.39 is 29.3 Å². The Morgan fingerprint density at radius 1 is 1.29 bits per heavy atom. The molecular formula is C11H15NO5. The van der Waals surface area contributed by atoms with E-state index in [0.29, 0.717) is 6.42 Å². The van der Waals surface area contributed by atoms with Crippen molar-refractivity contribution < 1.29 is 24.6 Å². The number of rotatable bonds is 4. The van der Waals surface area contributed by atoms with Crippen molar-refractivity contribution in [3.05, 3.63) is 12.2 Å². The van der Waals surface area contributed by atoms with E-state index in [2.05, 4.69) is 5.32 Å². The molecule has 1 amide bonds. The molecule has 0 aromatic heterocycles. The number of carboxylic acid groups (broad SMARTS) is 2. The maximum atomic E-state index is 11.9. The van der Waals surface area contributed by atoms with Crippen LogP contribution in [0.4, 0.5) is 0 Å². The average molecular weight is 241 g/mol. The predicted molar refractivity (Wildman–Crippen MR) is 58.3 cm³/mol. The molecule has 17 heavy (non-hydrogen) atoms. The van der Waals surface area contributed by atoms with Crippen LogP contribution in [0.15, 0.2) is 12.2 Å². The van der Waals surface area contributed by atoms with Gasteiger partial charge in [-0.1, -0.05) is 12.2 Å². The fraction of sp³-hybridized carbons (Fsp3) is 0.545. The van der Waals surface area contributed by atoms with E-state index in [-0.39, 0.29) is 12.8 Å². The van der Waals surface area contributed by atoms with E-state index in [1.54, 1.807) is 6.08 Å². The molecule has 0 heterocycles. The molecule has 2 atom stereocenters. The summed E-state index contributed by atoms with van der Waals surface area (Å²) in [5.41, 5.74) is -1.53. The van der Waals surface area contributed by atoms with Gasteiger partial charge in [-0.2, -0.15) is 0 Å². The van der Waals surface area contributed by atoms with Crippen LogP contribution in [-0.2, 0) is 14.4 Å². The van der Waals surface area contributed by atoms with E-state index in [9.17, 15) is 14.4 Å². The molecule has 0 saturated heterocycles. The molecule has 94 valence electrons. The highest BCUT2D eigenvalue weighted by molar-refractivity contribution is 6.03. The maximum absolute atomic E-state index is 11.9. The Kier molecular flexibility index (Phi) is 3.88. The zero-order valence-corrected chi connectivity index (χ0v) is 9.47. The second-order valence-corrected chi connectivity index (χ2v) is 4.13. The number of carbonyl (C=O) groups is 3. The molecule has 1 rings (SSSR count). The summed E-state index contributed by atoms with van der Waals surface area (Å²) in [6, 6.07) is -1.09. The first-order valence-corrected chi connectivity index (χ1v) is 5.32. The van der Waals surface area contributed by atoms with Gasteiger partial charge >= 0.3 is 11.9 Å². The number of hydrogen-bond donors (Lipinski definition) is 3. The van der Waals surface area contributed by atoms with Crippen molar-refractivity contribution in [1.82, 2.24) is 5.32 Å². The number of carboxylic acids is 2. The number of allylic oxidation sites excluding steroid dienone is 2. The molecule has 1 unspecified atom stereocenters. The molecule has 0 aromatic carbocycles. The van der Waals surface area contributed by atoms with E-state index in [4.69, 9.17) is 10.2 Å². The Labute approximate surface area is 98.3 Å². The highest BCUT2D eigenvalue weighted by Crippen LogP contribution is 2.33. The van der Waals surface area contributed by atoms with Crippen molar-refractivity contribution in [3.8, 4) is 0 Å². The molecule has 0 saturated carbocycles. The summed E-state index contributed by atoms with van der Waals surface area (Å²) in [6.45, 7) is 1.30. The molecule has 6 nitrogen and oxygen atoms in total. The Balaban J connectivity index is 2.85. The van der Waals surface area contributed by atoms with E-state index >= 15 is 0 Å². The third-order valence-corrected chi connectivity index (χ3v) is 2.93. The van der Waals surface area contributed by atoms with Gasteiger partial charge in [-0.15, -0.1) is 0 Å². The quantitative estimate of drug-likeness (QED) is 0.488. The van der Waals surface area contributed by atoms with Gasteiger partial charge in [-0.3, -0.25) is 14.4 Å². The second-order valence-electron chi connectivity index (χ2n) is 4.13. The Morgan fingerprint density at radius 3 is 2.35 bits per heavy atom. The minimum atomic E-state index is -1.53. The fourth-order valence-electron chi connectivity index (χ4n) is 1.73. The minimum absolute atomic E-state index is 0.0977. The van der Waals surface area contributed by atoms with Crippen molar-refractivity contribution in [1.29, 1.82) is 0 Å². The summed E-state index contributed by atoms with van der Waals surface area (Å²) in [7, 11) is 0. The molecule has 6 heteroatoms. The van der Waals surface area contributed by atoms with Crippen LogP contribution >= 0.6 is 0 Å². The number of carbonyl (C=O) groups excluding carboxylic acids is 1. The first-order chi connectivity index (χ1) is 7.90. The summed E-state index contributed by atoms with van der Waals surface area (Å²) in [6.07, 6.45) is 4.25.